The minimum Gasteiger partial charge on any atom is -0.303 e. The predicted molar refractivity (Wildman–Crippen MR) is 55.6 cm³/mol. The first-order valence-electron chi connectivity index (χ1n) is 5.21. The highest BCUT2D eigenvalue weighted by Crippen LogP contribution is 2.45. The van der Waals surface area contributed by atoms with Crippen molar-refractivity contribution in [1.82, 2.24) is 0 Å². The lowest BCUT2D eigenvalue weighted by molar-refractivity contribution is -0.118. The predicted octanol–water partition coefficient (Wildman–Crippen LogP) is 3.35. The summed E-state index contributed by atoms with van der Waals surface area (Å²) in [7, 11) is 0. The zero-order valence-electron chi connectivity index (χ0n) is 8.81. The highest BCUT2D eigenvalue weighted by atomic mass is 16.1. The summed E-state index contributed by atoms with van der Waals surface area (Å²) in [5, 5.41) is 0. The fourth-order valence-corrected chi connectivity index (χ4v) is 2.32. The van der Waals surface area contributed by atoms with Crippen LogP contribution in [0.2, 0.25) is 0 Å². The quantitative estimate of drug-likeness (QED) is 0.479. The van der Waals surface area contributed by atoms with Crippen LogP contribution in [0.3, 0.4) is 0 Å². The summed E-state index contributed by atoms with van der Waals surface area (Å²) in [5.41, 5.74) is 1.18. The van der Waals surface area contributed by atoms with Crippen LogP contribution in [0.15, 0.2) is 12.2 Å². The van der Waals surface area contributed by atoms with Gasteiger partial charge in [-0.15, -0.1) is 6.58 Å². The zero-order valence-corrected chi connectivity index (χ0v) is 8.81. The third-order valence-electron chi connectivity index (χ3n) is 3.51. The van der Waals surface area contributed by atoms with Crippen molar-refractivity contribution in [3.8, 4) is 0 Å². The number of hydrogen-bond donors (Lipinski definition) is 0. The van der Waals surface area contributed by atoms with E-state index in [1.54, 1.807) is 0 Å². The molecule has 1 saturated carbocycles. The van der Waals surface area contributed by atoms with Crippen molar-refractivity contribution in [1.29, 1.82) is 0 Å². The monoisotopic (exact) mass is 180 g/mol. The Kier molecular flexibility index (Phi) is 3.29. The van der Waals surface area contributed by atoms with Crippen molar-refractivity contribution in [3.63, 3.8) is 0 Å². The second-order valence-electron chi connectivity index (χ2n) is 4.60. The van der Waals surface area contributed by atoms with Gasteiger partial charge < -0.3 is 4.79 Å². The van der Waals surface area contributed by atoms with Gasteiger partial charge in [0.05, 0.1) is 0 Å². The average Bonchev–Trinajstić information content (AvgIpc) is 2.45. The van der Waals surface area contributed by atoms with Gasteiger partial charge >= 0.3 is 0 Å². The Morgan fingerprint density at radius 3 is 2.77 bits per heavy atom. The topological polar surface area (TPSA) is 17.1 Å². The first-order valence-corrected chi connectivity index (χ1v) is 5.21. The van der Waals surface area contributed by atoms with Gasteiger partial charge in [-0.3, -0.25) is 0 Å². The molecule has 0 aromatic rings. The lowest BCUT2D eigenvalue weighted by Crippen LogP contribution is -2.25. The maximum Gasteiger partial charge on any atom is 0.126 e. The molecule has 0 bridgehead atoms. The summed E-state index contributed by atoms with van der Waals surface area (Å²) < 4.78 is 0. The highest BCUT2D eigenvalue weighted by Gasteiger charge is 2.39. The molecule has 1 aliphatic carbocycles. The van der Waals surface area contributed by atoms with E-state index in [1.807, 2.05) is 6.92 Å². The van der Waals surface area contributed by atoms with Crippen LogP contribution in [-0.2, 0) is 4.79 Å². The minimum atomic E-state index is -0.0149. The number of allylic oxidation sites excluding steroid dienone is 1. The van der Waals surface area contributed by atoms with Gasteiger partial charge in [0.1, 0.15) is 6.29 Å². The van der Waals surface area contributed by atoms with Crippen LogP contribution in [0.25, 0.3) is 0 Å². The van der Waals surface area contributed by atoms with E-state index in [-0.39, 0.29) is 5.41 Å². The third kappa shape index (κ3) is 2.20. The standard InChI is InChI=1S/C12H20O/c1-10(2)6-8-12(9-13)7-4-5-11(12)3/h9,11H,1,4-8H2,2-3H3. The minimum absolute atomic E-state index is 0.0149. The largest absolute Gasteiger partial charge is 0.303 e. The van der Waals surface area contributed by atoms with Crippen LogP contribution in [0.5, 0.6) is 0 Å². The van der Waals surface area contributed by atoms with E-state index in [1.165, 1.54) is 24.7 Å². The van der Waals surface area contributed by atoms with Gasteiger partial charge in [-0.05, 0) is 38.5 Å². The van der Waals surface area contributed by atoms with E-state index in [9.17, 15) is 4.79 Å². The summed E-state index contributed by atoms with van der Waals surface area (Å²) >= 11 is 0. The second kappa shape index (κ2) is 4.08. The van der Waals surface area contributed by atoms with E-state index in [4.69, 9.17) is 0 Å². The lowest BCUT2D eigenvalue weighted by Gasteiger charge is -2.27. The van der Waals surface area contributed by atoms with Crippen molar-refractivity contribution >= 4 is 6.29 Å². The first kappa shape index (κ1) is 10.5. The molecule has 1 rings (SSSR count). The number of aldehydes is 1. The van der Waals surface area contributed by atoms with Crippen molar-refractivity contribution in [2.45, 2.75) is 46.0 Å². The van der Waals surface area contributed by atoms with Crippen LogP contribution in [-0.4, -0.2) is 6.29 Å². The van der Waals surface area contributed by atoms with Gasteiger partial charge in [0, 0.05) is 5.41 Å². The Morgan fingerprint density at radius 2 is 2.38 bits per heavy atom. The molecular weight excluding hydrogens is 160 g/mol. The molecule has 2 atom stereocenters. The van der Waals surface area contributed by atoms with Gasteiger partial charge in [0.15, 0.2) is 0 Å². The second-order valence-corrected chi connectivity index (χ2v) is 4.60. The Balaban J connectivity index is 2.58. The van der Waals surface area contributed by atoms with E-state index in [2.05, 4.69) is 13.5 Å². The molecule has 0 saturated heterocycles. The lowest BCUT2D eigenvalue weighted by atomic mass is 9.76. The van der Waals surface area contributed by atoms with Crippen LogP contribution < -0.4 is 0 Å². The molecule has 0 aromatic heterocycles. The summed E-state index contributed by atoms with van der Waals surface area (Å²) in [6.45, 7) is 8.14. The number of carbonyl (C=O) groups is 1. The smallest absolute Gasteiger partial charge is 0.126 e. The van der Waals surface area contributed by atoms with Crippen LogP contribution >= 0.6 is 0 Å². The maximum absolute atomic E-state index is 11.1. The van der Waals surface area contributed by atoms with Gasteiger partial charge in [-0.1, -0.05) is 18.9 Å². The van der Waals surface area contributed by atoms with Crippen molar-refractivity contribution in [3.05, 3.63) is 12.2 Å². The summed E-state index contributed by atoms with van der Waals surface area (Å²) in [5.74, 6) is 0.573. The van der Waals surface area contributed by atoms with E-state index < -0.39 is 0 Å². The van der Waals surface area contributed by atoms with Crippen LogP contribution in [0.4, 0.5) is 0 Å². The van der Waals surface area contributed by atoms with Gasteiger partial charge in [0.2, 0.25) is 0 Å². The zero-order chi connectivity index (χ0) is 9.90. The molecule has 0 spiro atoms. The average molecular weight is 180 g/mol. The van der Waals surface area contributed by atoms with Crippen LogP contribution in [0.1, 0.15) is 46.0 Å². The van der Waals surface area contributed by atoms with Crippen molar-refractivity contribution in [2.24, 2.45) is 11.3 Å². The molecule has 1 nitrogen and oxygen atoms in total. The molecule has 13 heavy (non-hydrogen) atoms. The molecule has 2 unspecified atom stereocenters. The van der Waals surface area contributed by atoms with Crippen molar-refractivity contribution in [2.75, 3.05) is 0 Å². The molecule has 0 heterocycles. The molecule has 0 aliphatic heterocycles. The molecule has 0 radical (unpaired) electrons. The normalized spacial score (nSPS) is 33.2. The van der Waals surface area contributed by atoms with Crippen LogP contribution in [0, 0.1) is 11.3 Å². The Labute approximate surface area is 81.2 Å². The van der Waals surface area contributed by atoms with Gasteiger partial charge in [0.25, 0.3) is 0 Å². The fraction of sp³-hybridized carbons (Fsp3) is 0.750. The molecule has 0 aromatic carbocycles. The molecule has 1 heteroatoms. The Morgan fingerprint density at radius 1 is 1.69 bits per heavy atom. The molecule has 1 aliphatic rings. The molecule has 74 valence electrons. The van der Waals surface area contributed by atoms with Gasteiger partial charge in [-0.2, -0.15) is 0 Å². The Bertz CT molecular complexity index is 207. The Hall–Kier alpha value is -0.590. The fourth-order valence-electron chi connectivity index (χ4n) is 2.32. The SMILES string of the molecule is C=C(C)CCC1(C=O)CCCC1C. The third-order valence-corrected chi connectivity index (χ3v) is 3.51. The van der Waals surface area contributed by atoms with E-state index >= 15 is 0 Å². The van der Waals surface area contributed by atoms with E-state index in [0.29, 0.717) is 5.92 Å². The van der Waals surface area contributed by atoms with Gasteiger partial charge in [-0.25, -0.2) is 0 Å². The highest BCUT2D eigenvalue weighted by molar-refractivity contribution is 5.60. The molecular formula is C12H20O. The summed E-state index contributed by atoms with van der Waals surface area (Å²) in [6, 6.07) is 0. The maximum atomic E-state index is 11.1. The first-order chi connectivity index (χ1) is 6.10. The number of hydrogen-bond acceptors (Lipinski definition) is 1. The van der Waals surface area contributed by atoms with E-state index in [0.717, 1.165) is 19.3 Å². The summed E-state index contributed by atoms with van der Waals surface area (Å²) in [6.07, 6.45) is 6.74. The number of carbonyl (C=O) groups excluding carboxylic acids is 1. The molecule has 1 fully saturated rings. The summed E-state index contributed by atoms with van der Waals surface area (Å²) in [4.78, 5) is 11.1. The molecule has 0 N–H and O–H groups in total. The number of rotatable bonds is 4. The molecule has 0 amide bonds. The van der Waals surface area contributed by atoms with Crippen molar-refractivity contribution < 1.29 is 4.79 Å².